The third-order valence-corrected chi connectivity index (χ3v) is 5.56. The molecule has 1 aromatic heterocycles. The largest absolute Gasteiger partial charge is 0.573 e. The highest BCUT2D eigenvalue weighted by Gasteiger charge is 2.32. The van der Waals surface area contributed by atoms with Crippen molar-refractivity contribution in [2.75, 3.05) is 7.11 Å². The van der Waals surface area contributed by atoms with Crippen molar-refractivity contribution in [2.24, 2.45) is 0 Å². The van der Waals surface area contributed by atoms with Gasteiger partial charge in [0, 0.05) is 22.7 Å². The number of nitrogens with zero attached hydrogens (tertiary/aromatic N) is 1. The molecule has 1 unspecified atom stereocenters. The molecule has 0 radical (unpaired) electrons. The maximum absolute atomic E-state index is 14.6. The first kappa shape index (κ1) is 25.1. The van der Waals surface area contributed by atoms with Crippen LogP contribution in [0.15, 0.2) is 36.4 Å². The van der Waals surface area contributed by atoms with Crippen molar-refractivity contribution in [3.63, 3.8) is 0 Å². The lowest BCUT2D eigenvalue weighted by Gasteiger charge is -2.14. The Morgan fingerprint density at radius 1 is 1.15 bits per heavy atom. The minimum absolute atomic E-state index is 0.0118. The second-order valence-corrected chi connectivity index (χ2v) is 7.75. The third-order valence-electron chi connectivity index (χ3n) is 5.56. The number of carbonyl (C=O) groups excluding carboxylic acids is 1. The second-order valence-electron chi connectivity index (χ2n) is 7.75. The molecule has 2 aromatic carbocycles. The van der Waals surface area contributed by atoms with Gasteiger partial charge in [-0.15, -0.1) is 13.2 Å². The van der Waals surface area contributed by atoms with E-state index in [2.05, 4.69) is 4.74 Å². The van der Waals surface area contributed by atoms with E-state index in [-0.39, 0.29) is 16.8 Å². The van der Waals surface area contributed by atoms with Gasteiger partial charge in [-0.05, 0) is 49.2 Å². The first-order valence-electron chi connectivity index (χ1n) is 10.5. The van der Waals surface area contributed by atoms with Gasteiger partial charge in [-0.2, -0.15) is 0 Å². The van der Waals surface area contributed by atoms with Crippen molar-refractivity contribution in [1.82, 2.24) is 4.57 Å². The topological polar surface area (TPSA) is 77.8 Å². The third kappa shape index (κ3) is 5.00. The average Bonchev–Trinajstić information content (AvgIpc) is 3.03. The Labute approximate surface area is 192 Å². The molecular weight excluding hydrogens is 458 g/mol. The zero-order valence-electron chi connectivity index (χ0n) is 18.7. The molecule has 0 aliphatic carbocycles. The summed E-state index contributed by atoms with van der Waals surface area (Å²) in [4.78, 5) is 25.5. The highest BCUT2D eigenvalue weighted by atomic mass is 19.4. The maximum atomic E-state index is 14.6. The Hall–Kier alpha value is -3.56. The highest BCUT2D eigenvalue weighted by molar-refractivity contribution is 6.05. The molecule has 0 spiro atoms. The van der Waals surface area contributed by atoms with Gasteiger partial charge in [0.2, 0.25) is 0 Å². The van der Waals surface area contributed by atoms with Gasteiger partial charge in [0.05, 0.1) is 18.5 Å². The Morgan fingerprint density at radius 2 is 1.79 bits per heavy atom. The van der Waals surface area contributed by atoms with Crippen molar-refractivity contribution in [3.8, 4) is 11.5 Å². The summed E-state index contributed by atoms with van der Waals surface area (Å²) in [6, 6.07) is 6.74. The molecule has 0 amide bonds. The van der Waals surface area contributed by atoms with E-state index in [1.807, 2.05) is 6.92 Å². The number of benzene rings is 2. The van der Waals surface area contributed by atoms with E-state index in [9.17, 15) is 32.3 Å². The number of carboxylic acids is 1. The number of aromatic nitrogens is 1. The number of alkyl halides is 3. The van der Waals surface area contributed by atoms with Crippen molar-refractivity contribution in [1.29, 1.82) is 0 Å². The molecule has 6 nitrogen and oxygen atoms in total. The first-order chi connectivity index (χ1) is 16.0. The Kier molecular flexibility index (Phi) is 7.18. The monoisotopic (exact) mass is 481 g/mol. The summed E-state index contributed by atoms with van der Waals surface area (Å²) < 4.78 is 62.0. The van der Waals surface area contributed by atoms with Crippen LogP contribution in [0, 0.1) is 12.7 Å². The van der Waals surface area contributed by atoms with Crippen molar-refractivity contribution in [3.05, 3.63) is 59.0 Å². The quantitative estimate of drug-likeness (QED) is 0.397. The van der Waals surface area contributed by atoms with Gasteiger partial charge in [0.15, 0.2) is 11.6 Å². The number of rotatable bonds is 8. The molecule has 34 heavy (non-hydrogen) atoms. The number of hydrogen-bond acceptors (Lipinski definition) is 4. The van der Waals surface area contributed by atoms with Gasteiger partial charge in [-0.25, -0.2) is 4.39 Å². The summed E-state index contributed by atoms with van der Waals surface area (Å²) in [5.74, 6) is -4.04. The van der Waals surface area contributed by atoms with Gasteiger partial charge < -0.3 is 14.6 Å². The number of unbranched alkanes of at least 4 members (excludes halogenated alkanes) is 1. The Balaban J connectivity index is 2.19. The van der Waals surface area contributed by atoms with Crippen LogP contribution >= 0.6 is 0 Å². The minimum Gasteiger partial charge on any atom is -0.494 e. The van der Waals surface area contributed by atoms with E-state index in [1.165, 1.54) is 17.7 Å². The van der Waals surface area contributed by atoms with E-state index in [4.69, 9.17) is 4.74 Å². The van der Waals surface area contributed by atoms with Crippen molar-refractivity contribution < 1.29 is 41.7 Å². The van der Waals surface area contributed by atoms with E-state index in [1.54, 1.807) is 6.92 Å². The molecule has 1 heterocycles. The van der Waals surface area contributed by atoms with E-state index >= 15 is 0 Å². The predicted molar refractivity (Wildman–Crippen MR) is 116 cm³/mol. The molecule has 1 atom stereocenters. The standard InChI is InChI=1S/C24H23F4NO5/c1-4-5-6-16(23(31)32)21-13(2)29(19-12-18(25)20(33-3)11-17(19)21)22(30)14-7-9-15(10-8-14)34-24(26,27)28/h7-12,16H,4-6H2,1-3H3,(H,31,32). The van der Waals surface area contributed by atoms with Crippen LogP contribution < -0.4 is 9.47 Å². The van der Waals surface area contributed by atoms with Crippen LogP contribution in [-0.2, 0) is 4.79 Å². The fourth-order valence-electron chi connectivity index (χ4n) is 4.03. The zero-order chi connectivity index (χ0) is 25.2. The molecule has 0 fully saturated rings. The lowest BCUT2D eigenvalue weighted by molar-refractivity contribution is -0.274. The predicted octanol–water partition coefficient (Wildman–Crippen LogP) is 6.04. The van der Waals surface area contributed by atoms with E-state index in [0.717, 1.165) is 36.8 Å². The van der Waals surface area contributed by atoms with Crippen molar-refractivity contribution >= 4 is 22.8 Å². The number of carboxylic acid groups (broad SMARTS) is 1. The summed E-state index contributed by atoms with van der Waals surface area (Å²) in [6.45, 7) is 3.48. The molecule has 1 N–H and O–H groups in total. The van der Waals surface area contributed by atoms with Gasteiger partial charge in [-0.3, -0.25) is 14.2 Å². The van der Waals surface area contributed by atoms with Crippen LogP contribution in [0.2, 0.25) is 0 Å². The number of ether oxygens (including phenoxy) is 2. The lowest BCUT2D eigenvalue weighted by atomic mass is 9.91. The molecule has 0 aliphatic heterocycles. The molecule has 182 valence electrons. The molecule has 3 rings (SSSR count). The van der Waals surface area contributed by atoms with Crippen LogP contribution in [-0.4, -0.2) is 35.0 Å². The van der Waals surface area contributed by atoms with Crippen LogP contribution in [0.25, 0.3) is 10.9 Å². The van der Waals surface area contributed by atoms with Gasteiger partial charge in [0.1, 0.15) is 5.75 Å². The molecule has 0 aliphatic rings. The number of hydrogen-bond donors (Lipinski definition) is 1. The van der Waals surface area contributed by atoms with Crippen molar-refractivity contribution in [2.45, 2.75) is 45.4 Å². The number of carbonyl (C=O) groups is 2. The summed E-state index contributed by atoms with van der Waals surface area (Å²) in [7, 11) is 1.27. The van der Waals surface area contributed by atoms with Gasteiger partial charge in [0.25, 0.3) is 5.91 Å². The summed E-state index contributed by atoms with van der Waals surface area (Å²) in [5.41, 5.74) is 0.804. The molecule has 10 heteroatoms. The van der Waals surface area contributed by atoms with E-state index in [0.29, 0.717) is 29.5 Å². The smallest absolute Gasteiger partial charge is 0.494 e. The Morgan fingerprint density at radius 3 is 2.32 bits per heavy atom. The maximum Gasteiger partial charge on any atom is 0.573 e. The molecule has 3 aromatic rings. The van der Waals surface area contributed by atoms with Crippen LogP contribution in [0.4, 0.5) is 17.6 Å². The molecular formula is C24H23F4NO5. The molecule has 0 saturated carbocycles. The second kappa shape index (κ2) is 9.74. The number of fused-ring (bicyclic) bond motifs is 1. The van der Waals surface area contributed by atoms with Crippen LogP contribution in [0.5, 0.6) is 11.5 Å². The van der Waals surface area contributed by atoms with E-state index < -0.39 is 35.7 Å². The number of halogens is 4. The average molecular weight is 481 g/mol. The summed E-state index contributed by atoms with van der Waals surface area (Å²) >= 11 is 0. The highest BCUT2D eigenvalue weighted by Crippen LogP contribution is 2.38. The van der Waals surface area contributed by atoms with Crippen LogP contribution in [0.1, 0.15) is 53.7 Å². The fraction of sp³-hybridized carbons (Fsp3) is 0.333. The lowest BCUT2D eigenvalue weighted by Crippen LogP contribution is -2.18. The van der Waals surface area contributed by atoms with Gasteiger partial charge >= 0.3 is 12.3 Å². The normalized spacial score (nSPS) is 12.6. The SMILES string of the molecule is CCCCC(C(=O)O)c1c(C)n(C(=O)c2ccc(OC(F)(F)F)cc2)c2cc(F)c(OC)cc12. The van der Waals surface area contributed by atoms with Gasteiger partial charge in [-0.1, -0.05) is 19.8 Å². The summed E-state index contributed by atoms with van der Waals surface area (Å²) in [6.07, 6.45) is -3.20. The molecule has 0 bridgehead atoms. The summed E-state index contributed by atoms with van der Waals surface area (Å²) in [5, 5.41) is 10.3. The minimum atomic E-state index is -4.88. The zero-order valence-corrected chi connectivity index (χ0v) is 18.7. The van der Waals surface area contributed by atoms with Crippen LogP contribution in [0.3, 0.4) is 0 Å². The number of aliphatic carboxylic acids is 1. The number of methoxy groups -OCH3 is 1. The molecule has 0 saturated heterocycles. The fourth-order valence-corrected chi connectivity index (χ4v) is 4.03. The Bertz CT molecular complexity index is 1220. The first-order valence-corrected chi connectivity index (χ1v) is 10.5.